The Bertz CT molecular complexity index is 652. The van der Waals surface area contributed by atoms with Gasteiger partial charge in [-0.3, -0.25) is 4.79 Å². The summed E-state index contributed by atoms with van der Waals surface area (Å²) in [5.74, 6) is -0.261. The van der Waals surface area contributed by atoms with Gasteiger partial charge in [0.15, 0.2) is 0 Å². The highest BCUT2D eigenvalue weighted by Gasteiger charge is 2.29. The van der Waals surface area contributed by atoms with Crippen molar-refractivity contribution in [1.82, 2.24) is 4.90 Å². The predicted molar refractivity (Wildman–Crippen MR) is 90.6 cm³/mol. The molecule has 0 bridgehead atoms. The smallest absolute Gasteiger partial charge is 0.282 e. The molecular weight excluding hydrogens is 318 g/mol. The molecule has 1 aliphatic rings. The Kier molecular flexibility index (Phi) is 5.76. The van der Waals surface area contributed by atoms with E-state index in [1.165, 1.54) is 5.01 Å². The van der Waals surface area contributed by atoms with Crippen LogP contribution in [-0.4, -0.2) is 53.0 Å². The van der Waals surface area contributed by atoms with Gasteiger partial charge in [0.1, 0.15) is 0 Å². The number of hydrogen-bond acceptors (Lipinski definition) is 5. The molecule has 1 aliphatic heterocycles. The summed E-state index contributed by atoms with van der Waals surface area (Å²) >= 11 is 6.11. The number of hydrazone groups is 1. The number of halogens is 1. The first-order valence-corrected chi connectivity index (χ1v) is 7.69. The number of anilines is 1. The Morgan fingerprint density at radius 2 is 1.91 bits per heavy atom. The van der Waals surface area contributed by atoms with Crippen molar-refractivity contribution in [3.8, 4) is 0 Å². The minimum Gasteiger partial charge on any atom is -0.395 e. The quantitative estimate of drug-likeness (QED) is 0.772. The second kappa shape index (κ2) is 7.59. The number of aryl methyl sites for hydroxylation is 1. The van der Waals surface area contributed by atoms with E-state index < -0.39 is 0 Å². The van der Waals surface area contributed by atoms with E-state index in [1.54, 1.807) is 30.2 Å². The highest BCUT2D eigenvalue weighted by Crippen LogP contribution is 2.28. The van der Waals surface area contributed by atoms with Crippen molar-refractivity contribution in [3.05, 3.63) is 40.6 Å². The standard InChI is InChI=1S/C16H20ClN3O3/c1-11-3-4-13(9-15(11)17)20-16(23)14(12(2)18-20)10-19(5-7-21)6-8-22/h3-4,9-10,21-22H,5-8H2,1-2H3/b14-10-. The monoisotopic (exact) mass is 337 g/mol. The molecule has 1 aromatic carbocycles. The average molecular weight is 338 g/mol. The normalized spacial score (nSPS) is 16.2. The van der Waals surface area contributed by atoms with Crippen LogP contribution in [0.15, 0.2) is 35.1 Å². The molecule has 23 heavy (non-hydrogen) atoms. The van der Waals surface area contributed by atoms with Crippen LogP contribution in [-0.2, 0) is 4.79 Å². The Morgan fingerprint density at radius 1 is 1.26 bits per heavy atom. The number of amides is 1. The van der Waals surface area contributed by atoms with Gasteiger partial charge in [0.25, 0.3) is 5.91 Å². The molecule has 124 valence electrons. The third-order valence-electron chi connectivity index (χ3n) is 3.55. The van der Waals surface area contributed by atoms with Crippen molar-refractivity contribution < 1.29 is 15.0 Å². The molecule has 0 radical (unpaired) electrons. The summed E-state index contributed by atoms with van der Waals surface area (Å²) in [4.78, 5) is 14.3. The van der Waals surface area contributed by atoms with Gasteiger partial charge in [0.2, 0.25) is 0 Å². The van der Waals surface area contributed by atoms with Crippen molar-refractivity contribution >= 4 is 28.9 Å². The summed E-state index contributed by atoms with van der Waals surface area (Å²) in [6.07, 6.45) is 1.63. The van der Waals surface area contributed by atoms with Crippen LogP contribution in [0.5, 0.6) is 0 Å². The summed E-state index contributed by atoms with van der Waals surface area (Å²) < 4.78 is 0. The molecule has 2 rings (SSSR count). The maximum atomic E-state index is 12.6. The number of hydrogen-bond donors (Lipinski definition) is 2. The molecule has 1 amide bonds. The molecule has 0 atom stereocenters. The predicted octanol–water partition coefficient (Wildman–Crippen LogP) is 1.54. The van der Waals surface area contributed by atoms with E-state index in [2.05, 4.69) is 5.10 Å². The van der Waals surface area contributed by atoms with E-state index in [1.807, 2.05) is 13.0 Å². The van der Waals surface area contributed by atoms with Gasteiger partial charge in [-0.2, -0.15) is 10.1 Å². The van der Waals surface area contributed by atoms with Gasteiger partial charge in [-0.1, -0.05) is 17.7 Å². The van der Waals surface area contributed by atoms with Crippen LogP contribution in [0.4, 0.5) is 5.69 Å². The first-order valence-electron chi connectivity index (χ1n) is 7.31. The van der Waals surface area contributed by atoms with E-state index in [-0.39, 0.29) is 19.1 Å². The van der Waals surface area contributed by atoms with E-state index >= 15 is 0 Å². The fourth-order valence-corrected chi connectivity index (χ4v) is 2.41. The topological polar surface area (TPSA) is 76.4 Å². The molecule has 6 nitrogen and oxygen atoms in total. The Labute approximate surface area is 140 Å². The van der Waals surface area contributed by atoms with Crippen LogP contribution in [0.2, 0.25) is 5.02 Å². The SMILES string of the molecule is CC1=NN(c2ccc(C)c(Cl)c2)C(=O)/C1=C\N(CCO)CCO. The Morgan fingerprint density at radius 3 is 2.48 bits per heavy atom. The van der Waals surface area contributed by atoms with Crippen molar-refractivity contribution in [2.45, 2.75) is 13.8 Å². The van der Waals surface area contributed by atoms with Gasteiger partial charge in [-0.25, -0.2) is 0 Å². The maximum absolute atomic E-state index is 12.6. The Balaban J connectivity index is 2.28. The lowest BCUT2D eigenvalue weighted by atomic mass is 10.1. The van der Waals surface area contributed by atoms with E-state index in [0.717, 1.165) is 5.56 Å². The first-order chi connectivity index (χ1) is 11.0. The number of aliphatic hydroxyl groups is 2. The zero-order chi connectivity index (χ0) is 17.0. The summed E-state index contributed by atoms with van der Waals surface area (Å²) in [7, 11) is 0. The molecule has 0 unspecified atom stereocenters. The molecule has 2 N–H and O–H groups in total. The number of rotatable bonds is 6. The van der Waals surface area contributed by atoms with Crippen LogP contribution in [0.1, 0.15) is 12.5 Å². The van der Waals surface area contributed by atoms with Gasteiger partial charge >= 0.3 is 0 Å². The van der Waals surface area contributed by atoms with Gasteiger partial charge in [0.05, 0.1) is 30.2 Å². The Hall–Kier alpha value is -1.89. The molecular formula is C16H20ClN3O3. The number of carbonyl (C=O) groups is 1. The molecule has 0 aromatic heterocycles. The van der Waals surface area contributed by atoms with Crippen LogP contribution >= 0.6 is 11.6 Å². The summed E-state index contributed by atoms with van der Waals surface area (Å²) in [6, 6.07) is 5.33. The van der Waals surface area contributed by atoms with Gasteiger partial charge in [0, 0.05) is 24.3 Å². The van der Waals surface area contributed by atoms with Gasteiger partial charge in [-0.15, -0.1) is 0 Å². The molecule has 0 spiro atoms. The number of aliphatic hydroxyl groups excluding tert-OH is 2. The molecule has 1 aromatic rings. The fourth-order valence-electron chi connectivity index (χ4n) is 2.24. The summed E-state index contributed by atoms with van der Waals surface area (Å²) in [5, 5.41) is 24.3. The average Bonchev–Trinajstić information content (AvgIpc) is 2.79. The van der Waals surface area contributed by atoms with Crippen molar-refractivity contribution in [2.24, 2.45) is 5.10 Å². The second-order valence-corrected chi connectivity index (χ2v) is 5.67. The maximum Gasteiger partial charge on any atom is 0.282 e. The number of carbonyl (C=O) groups excluding carboxylic acids is 1. The molecule has 0 fully saturated rings. The third-order valence-corrected chi connectivity index (χ3v) is 3.96. The van der Waals surface area contributed by atoms with Crippen molar-refractivity contribution in [1.29, 1.82) is 0 Å². The van der Waals surface area contributed by atoms with Gasteiger partial charge in [-0.05, 0) is 31.5 Å². The fraction of sp³-hybridized carbons (Fsp3) is 0.375. The number of benzene rings is 1. The molecule has 7 heteroatoms. The lowest BCUT2D eigenvalue weighted by molar-refractivity contribution is -0.114. The summed E-state index contributed by atoms with van der Waals surface area (Å²) in [5.41, 5.74) is 2.54. The van der Waals surface area contributed by atoms with Crippen molar-refractivity contribution in [2.75, 3.05) is 31.3 Å². The van der Waals surface area contributed by atoms with Crippen LogP contribution in [0, 0.1) is 6.92 Å². The molecule has 0 aliphatic carbocycles. The molecule has 0 saturated heterocycles. The summed E-state index contributed by atoms with van der Waals surface area (Å²) in [6.45, 7) is 4.17. The van der Waals surface area contributed by atoms with Gasteiger partial charge < -0.3 is 15.1 Å². The molecule has 0 saturated carbocycles. The van der Waals surface area contributed by atoms with Crippen molar-refractivity contribution in [3.63, 3.8) is 0 Å². The highest BCUT2D eigenvalue weighted by molar-refractivity contribution is 6.32. The van der Waals surface area contributed by atoms with E-state index in [0.29, 0.717) is 35.1 Å². The first kappa shape index (κ1) is 17.5. The lowest BCUT2D eigenvalue weighted by Gasteiger charge is -2.19. The van der Waals surface area contributed by atoms with Crippen LogP contribution in [0.3, 0.4) is 0 Å². The van der Waals surface area contributed by atoms with E-state index in [4.69, 9.17) is 21.8 Å². The van der Waals surface area contributed by atoms with Crippen LogP contribution in [0.25, 0.3) is 0 Å². The third kappa shape index (κ3) is 3.90. The zero-order valence-electron chi connectivity index (χ0n) is 13.2. The minimum atomic E-state index is -0.261. The minimum absolute atomic E-state index is 0.0640. The zero-order valence-corrected chi connectivity index (χ0v) is 13.9. The largest absolute Gasteiger partial charge is 0.395 e. The number of nitrogens with zero attached hydrogens (tertiary/aromatic N) is 3. The lowest BCUT2D eigenvalue weighted by Crippen LogP contribution is -2.28. The highest BCUT2D eigenvalue weighted by atomic mass is 35.5. The second-order valence-electron chi connectivity index (χ2n) is 5.26. The van der Waals surface area contributed by atoms with E-state index in [9.17, 15) is 4.79 Å². The van der Waals surface area contributed by atoms with Crippen LogP contribution < -0.4 is 5.01 Å². The molecule has 1 heterocycles.